The molecule has 0 fully saturated rings. The maximum Gasteiger partial charge on any atom is 0.312 e. The molecule has 0 saturated heterocycles. The molecule has 0 aliphatic heterocycles. The first kappa shape index (κ1) is 13.6. The third-order valence-electron chi connectivity index (χ3n) is 3.43. The summed E-state index contributed by atoms with van der Waals surface area (Å²) in [6.07, 6.45) is 0.609. The molecule has 0 aliphatic rings. The quantitative estimate of drug-likeness (QED) is 0.818. The SMILES string of the molecule is COC(=O)C(C)(Cc1ccc(O)cc1)C(C)C. The number of aromatic hydroxyl groups is 1. The Bertz CT molecular complexity index is 381. The molecule has 1 aromatic carbocycles. The Kier molecular flexibility index (Phi) is 4.16. The van der Waals surface area contributed by atoms with Gasteiger partial charge in [0.25, 0.3) is 0 Å². The van der Waals surface area contributed by atoms with Crippen LogP contribution in [-0.4, -0.2) is 18.2 Å². The molecule has 0 heterocycles. The van der Waals surface area contributed by atoms with Gasteiger partial charge in [0.2, 0.25) is 0 Å². The molecular formula is C14H20O3. The van der Waals surface area contributed by atoms with Gasteiger partial charge in [-0.2, -0.15) is 0 Å². The molecule has 0 aliphatic carbocycles. The van der Waals surface area contributed by atoms with Crippen molar-refractivity contribution in [3.63, 3.8) is 0 Å². The van der Waals surface area contributed by atoms with Gasteiger partial charge in [-0.1, -0.05) is 26.0 Å². The lowest BCUT2D eigenvalue weighted by atomic mass is 9.74. The first-order chi connectivity index (χ1) is 7.90. The van der Waals surface area contributed by atoms with Crippen molar-refractivity contribution >= 4 is 5.97 Å². The van der Waals surface area contributed by atoms with Gasteiger partial charge >= 0.3 is 5.97 Å². The van der Waals surface area contributed by atoms with Gasteiger partial charge in [-0.05, 0) is 37.0 Å². The van der Waals surface area contributed by atoms with E-state index in [9.17, 15) is 9.90 Å². The van der Waals surface area contributed by atoms with Crippen LogP contribution in [0.4, 0.5) is 0 Å². The predicted octanol–water partition coefficient (Wildman–Crippen LogP) is 2.77. The number of hydrogen-bond acceptors (Lipinski definition) is 3. The second-order valence-electron chi connectivity index (χ2n) is 4.91. The van der Waals surface area contributed by atoms with E-state index in [4.69, 9.17) is 4.74 Å². The van der Waals surface area contributed by atoms with Crippen LogP contribution < -0.4 is 0 Å². The van der Waals surface area contributed by atoms with Gasteiger partial charge in [-0.3, -0.25) is 4.79 Å². The summed E-state index contributed by atoms with van der Waals surface area (Å²) in [5.41, 5.74) is 0.482. The summed E-state index contributed by atoms with van der Waals surface area (Å²) in [4.78, 5) is 11.9. The van der Waals surface area contributed by atoms with Crippen molar-refractivity contribution in [2.24, 2.45) is 11.3 Å². The lowest BCUT2D eigenvalue weighted by Gasteiger charge is -2.30. The van der Waals surface area contributed by atoms with Crippen LogP contribution in [0.2, 0.25) is 0 Å². The normalized spacial score (nSPS) is 14.4. The maximum atomic E-state index is 11.9. The minimum atomic E-state index is -0.536. The zero-order chi connectivity index (χ0) is 13.1. The van der Waals surface area contributed by atoms with E-state index in [-0.39, 0.29) is 17.6 Å². The summed E-state index contributed by atoms with van der Waals surface area (Å²) >= 11 is 0. The van der Waals surface area contributed by atoms with E-state index in [1.165, 1.54) is 7.11 Å². The molecular weight excluding hydrogens is 216 g/mol. The second-order valence-corrected chi connectivity index (χ2v) is 4.91. The smallest absolute Gasteiger partial charge is 0.312 e. The Labute approximate surface area is 102 Å². The maximum absolute atomic E-state index is 11.9. The van der Waals surface area contributed by atoms with Gasteiger partial charge < -0.3 is 9.84 Å². The average Bonchev–Trinajstić information content (AvgIpc) is 2.30. The monoisotopic (exact) mass is 236 g/mol. The second kappa shape index (κ2) is 5.21. The Morgan fingerprint density at radius 2 is 1.88 bits per heavy atom. The van der Waals surface area contributed by atoms with Gasteiger partial charge in [0, 0.05) is 0 Å². The van der Waals surface area contributed by atoms with E-state index >= 15 is 0 Å². The highest BCUT2D eigenvalue weighted by atomic mass is 16.5. The first-order valence-corrected chi connectivity index (χ1v) is 5.76. The van der Waals surface area contributed by atoms with Crippen LogP contribution in [0, 0.1) is 11.3 Å². The molecule has 0 radical (unpaired) electrons. The van der Waals surface area contributed by atoms with Crippen molar-refractivity contribution < 1.29 is 14.6 Å². The number of methoxy groups -OCH3 is 1. The standard InChI is InChI=1S/C14H20O3/c1-10(2)14(3,13(16)17-4)9-11-5-7-12(15)8-6-11/h5-8,10,15H,9H2,1-4H3. The molecule has 3 nitrogen and oxygen atoms in total. The molecule has 1 unspecified atom stereocenters. The van der Waals surface area contributed by atoms with E-state index in [1.807, 2.05) is 32.9 Å². The van der Waals surface area contributed by atoms with Gasteiger partial charge in [0.1, 0.15) is 5.75 Å². The third kappa shape index (κ3) is 2.99. The van der Waals surface area contributed by atoms with Crippen LogP contribution in [0.3, 0.4) is 0 Å². The number of carbonyl (C=O) groups excluding carboxylic acids is 1. The molecule has 0 amide bonds. The number of carbonyl (C=O) groups is 1. The topological polar surface area (TPSA) is 46.5 Å². The summed E-state index contributed by atoms with van der Waals surface area (Å²) in [5, 5.41) is 9.23. The Morgan fingerprint density at radius 3 is 2.29 bits per heavy atom. The van der Waals surface area contributed by atoms with Crippen LogP contribution in [-0.2, 0) is 16.0 Å². The predicted molar refractivity (Wildman–Crippen MR) is 66.8 cm³/mol. The van der Waals surface area contributed by atoms with Gasteiger partial charge in [0.15, 0.2) is 0 Å². The minimum Gasteiger partial charge on any atom is -0.508 e. The van der Waals surface area contributed by atoms with E-state index in [1.54, 1.807) is 12.1 Å². The molecule has 94 valence electrons. The first-order valence-electron chi connectivity index (χ1n) is 5.76. The molecule has 1 N–H and O–H groups in total. The fourth-order valence-electron chi connectivity index (χ4n) is 1.78. The molecule has 0 spiro atoms. The van der Waals surface area contributed by atoms with Crippen molar-refractivity contribution in [2.75, 3.05) is 7.11 Å². The van der Waals surface area contributed by atoms with Crippen LogP contribution in [0.1, 0.15) is 26.3 Å². The van der Waals surface area contributed by atoms with Crippen LogP contribution in [0.25, 0.3) is 0 Å². The summed E-state index contributed by atoms with van der Waals surface area (Å²) < 4.78 is 4.88. The number of benzene rings is 1. The number of esters is 1. The lowest BCUT2D eigenvalue weighted by molar-refractivity contribution is -0.154. The molecule has 0 aromatic heterocycles. The van der Waals surface area contributed by atoms with Gasteiger partial charge in [0.05, 0.1) is 12.5 Å². The number of ether oxygens (including phenoxy) is 1. The highest BCUT2D eigenvalue weighted by Gasteiger charge is 2.37. The van der Waals surface area contributed by atoms with Crippen molar-refractivity contribution in [3.8, 4) is 5.75 Å². The van der Waals surface area contributed by atoms with Gasteiger partial charge in [-0.15, -0.1) is 0 Å². The number of rotatable bonds is 4. The average molecular weight is 236 g/mol. The zero-order valence-corrected chi connectivity index (χ0v) is 10.9. The van der Waals surface area contributed by atoms with Crippen molar-refractivity contribution in [1.82, 2.24) is 0 Å². The molecule has 1 aromatic rings. The molecule has 0 saturated carbocycles. The van der Waals surface area contributed by atoms with Crippen LogP contribution in [0.15, 0.2) is 24.3 Å². The van der Waals surface area contributed by atoms with Crippen LogP contribution >= 0.6 is 0 Å². The highest BCUT2D eigenvalue weighted by molar-refractivity contribution is 5.77. The van der Waals surface area contributed by atoms with Crippen molar-refractivity contribution in [2.45, 2.75) is 27.2 Å². The van der Waals surface area contributed by atoms with E-state index < -0.39 is 5.41 Å². The number of phenols is 1. The fourth-order valence-corrected chi connectivity index (χ4v) is 1.78. The van der Waals surface area contributed by atoms with Crippen molar-refractivity contribution in [1.29, 1.82) is 0 Å². The van der Waals surface area contributed by atoms with Crippen LogP contribution in [0.5, 0.6) is 5.75 Å². The molecule has 17 heavy (non-hydrogen) atoms. The summed E-state index contributed by atoms with van der Waals surface area (Å²) in [7, 11) is 1.42. The fraction of sp³-hybridized carbons (Fsp3) is 0.500. The Hall–Kier alpha value is -1.51. The molecule has 1 atom stereocenters. The summed E-state index contributed by atoms with van der Waals surface area (Å²) in [5.74, 6) is 0.224. The molecule has 1 rings (SSSR count). The van der Waals surface area contributed by atoms with E-state index in [0.29, 0.717) is 6.42 Å². The summed E-state index contributed by atoms with van der Waals surface area (Å²) in [6, 6.07) is 6.93. The van der Waals surface area contributed by atoms with E-state index in [2.05, 4.69) is 0 Å². The molecule has 3 heteroatoms. The minimum absolute atomic E-state index is 0.184. The van der Waals surface area contributed by atoms with Gasteiger partial charge in [-0.25, -0.2) is 0 Å². The lowest BCUT2D eigenvalue weighted by Crippen LogP contribution is -2.36. The van der Waals surface area contributed by atoms with Crippen molar-refractivity contribution in [3.05, 3.63) is 29.8 Å². The number of phenolic OH excluding ortho intramolecular Hbond substituents is 1. The molecule has 0 bridgehead atoms. The zero-order valence-electron chi connectivity index (χ0n) is 10.9. The largest absolute Gasteiger partial charge is 0.508 e. The Morgan fingerprint density at radius 1 is 1.35 bits per heavy atom. The highest BCUT2D eigenvalue weighted by Crippen LogP contribution is 2.33. The van der Waals surface area contributed by atoms with E-state index in [0.717, 1.165) is 5.56 Å². The third-order valence-corrected chi connectivity index (χ3v) is 3.43. The Balaban J connectivity index is 2.95. The number of hydrogen-bond donors (Lipinski definition) is 1. The summed E-state index contributed by atoms with van der Waals surface area (Å²) in [6.45, 7) is 5.94.